The summed E-state index contributed by atoms with van der Waals surface area (Å²) >= 11 is 17.7. The molecule has 7 heteroatoms. The van der Waals surface area contributed by atoms with Crippen LogP contribution in [0.25, 0.3) is 0 Å². The second-order valence-corrected chi connectivity index (χ2v) is 4.86. The normalized spacial score (nSPS) is 13.4. The molecule has 0 amide bonds. The maximum atomic E-state index is 8.52. The molecule has 0 spiro atoms. The lowest BCUT2D eigenvalue weighted by molar-refractivity contribution is 0.202. The van der Waals surface area contributed by atoms with E-state index in [1.807, 2.05) is 6.92 Å². The van der Waals surface area contributed by atoms with Crippen LogP contribution in [0.3, 0.4) is 0 Å². The number of ether oxygens (including phenoxy) is 1. The zero-order valence-electron chi connectivity index (χ0n) is 9.66. The highest BCUT2D eigenvalue weighted by molar-refractivity contribution is 6.43. The van der Waals surface area contributed by atoms with Crippen LogP contribution >= 0.6 is 34.8 Å². The van der Waals surface area contributed by atoms with E-state index in [0.717, 1.165) is 0 Å². The van der Waals surface area contributed by atoms with Crippen LogP contribution in [0, 0.1) is 0 Å². The Kier molecular flexibility index (Phi) is 5.85. The Labute approximate surface area is 120 Å². The van der Waals surface area contributed by atoms with Crippen molar-refractivity contribution in [1.29, 1.82) is 0 Å². The molecule has 0 radical (unpaired) electrons. The monoisotopic (exact) mass is 310 g/mol. The Hall–Kier alpha value is -0.840. The fourth-order valence-electron chi connectivity index (χ4n) is 1.32. The first-order valence-electron chi connectivity index (χ1n) is 5.25. The summed E-state index contributed by atoms with van der Waals surface area (Å²) in [7, 11) is 0. The molecule has 3 N–H and O–H groups in total. The molecule has 0 fully saturated rings. The molecule has 0 saturated carbocycles. The van der Waals surface area contributed by atoms with Crippen molar-refractivity contribution in [2.45, 2.75) is 25.9 Å². The molecule has 1 atom stereocenters. The Bertz CT molecular complexity index is 452. The van der Waals surface area contributed by atoms with Gasteiger partial charge in [-0.3, -0.25) is 0 Å². The molecule has 0 aliphatic carbocycles. The minimum Gasteiger partial charge on any atom is -0.488 e. The van der Waals surface area contributed by atoms with Crippen molar-refractivity contribution in [3.63, 3.8) is 0 Å². The lowest BCUT2D eigenvalue weighted by Gasteiger charge is -2.18. The number of nitrogens with zero attached hydrogens (tertiary/aromatic N) is 1. The van der Waals surface area contributed by atoms with Crippen molar-refractivity contribution in [3.05, 3.63) is 27.2 Å². The molecular weight excluding hydrogens is 298 g/mol. The Morgan fingerprint density at radius 1 is 1.33 bits per heavy atom. The fourth-order valence-corrected chi connectivity index (χ4v) is 1.90. The SMILES string of the molecule is CCC(C/C(N)=N/O)Oc1cc(Cl)c(Cl)cc1Cl. The largest absolute Gasteiger partial charge is 0.488 e. The first-order valence-corrected chi connectivity index (χ1v) is 6.38. The second kappa shape index (κ2) is 6.92. The van der Waals surface area contributed by atoms with Crippen molar-refractivity contribution in [2.24, 2.45) is 10.9 Å². The predicted molar refractivity (Wildman–Crippen MR) is 74.2 cm³/mol. The summed E-state index contributed by atoms with van der Waals surface area (Å²) in [5, 5.41) is 12.5. The number of nitrogens with two attached hydrogens (primary N) is 1. The number of oxime groups is 1. The number of hydrogen-bond donors (Lipinski definition) is 2. The first-order chi connectivity index (χ1) is 8.47. The summed E-state index contributed by atoms with van der Waals surface area (Å²) in [5.41, 5.74) is 5.43. The summed E-state index contributed by atoms with van der Waals surface area (Å²) < 4.78 is 5.66. The van der Waals surface area contributed by atoms with Gasteiger partial charge < -0.3 is 15.7 Å². The molecule has 0 heterocycles. The number of amidine groups is 1. The Morgan fingerprint density at radius 2 is 1.94 bits per heavy atom. The van der Waals surface area contributed by atoms with Crippen molar-refractivity contribution in [1.82, 2.24) is 0 Å². The van der Waals surface area contributed by atoms with Crippen LogP contribution in [0.1, 0.15) is 19.8 Å². The van der Waals surface area contributed by atoms with Gasteiger partial charge in [-0.1, -0.05) is 46.9 Å². The van der Waals surface area contributed by atoms with Gasteiger partial charge in [-0.15, -0.1) is 0 Å². The number of benzene rings is 1. The van der Waals surface area contributed by atoms with E-state index in [1.165, 1.54) is 6.07 Å². The van der Waals surface area contributed by atoms with Gasteiger partial charge in [0.25, 0.3) is 0 Å². The van der Waals surface area contributed by atoms with Gasteiger partial charge in [0.05, 0.1) is 15.1 Å². The summed E-state index contributed by atoms with van der Waals surface area (Å²) in [5.74, 6) is 0.515. The minimum absolute atomic E-state index is 0.0954. The third-order valence-electron chi connectivity index (χ3n) is 2.29. The summed E-state index contributed by atoms with van der Waals surface area (Å²) in [4.78, 5) is 0. The average Bonchev–Trinajstić information content (AvgIpc) is 2.34. The standard InChI is InChI=1S/C11H13Cl3N2O2/c1-2-6(3-11(15)16-17)18-10-5-8(13)7(12)4-9(10)14/h4-6,17H,2-3H2,1H3,(H2,15,16). The molecule has 1 rings (SSSR count). The van der Waals surface area contributed by atoms with E-state index in [2.05, 4.69) is 5.16 Å². The quantitative estimate of drug-likeness (QED) is 0.284. The Morgan fingerprint density at radius 3 is 2.50 bits per heavy atom. The van der Waals surface area contributed by atoms with Crippen molar-refractivity contribution in [2.75, 3.05) is 0 Å². The van der Waals surface area contributed by atoms with Crippen molar-refractivity contribution in [3.8, 4) is 5.75 Å². The zero-order valence-corrected chi connectivity index (χ0v) is 11.9. The molecule has 0 bridgehead atoms. The molecule has 1 unspecified atom stereocenters. The van der Waals surface area contributed by atoms with Gasteiger partial charge in [0.15, 0.2) is 0 Å². The van der Waals surface area contributed by atoms with E-state index in [4.69, 9.17) is 50.5 Å². The number of rotatable bonds is 5. The van der Waals surface area contributed by atoms with Crippen LogP contribution in [0.5, 0.6) is 5.75 Å². The van der Waals surface area contributed by atoms with E-state index >= 15 is 0 Å². The highest BCUT2D eigenvalue weighted by atomic mass is 35.5. The molecule has 1 aromatic rings. The zero-order chi connectivity index (χ0) is 13.7. The van der Waals surface area contributed by atoms with Crippen molar-refractivity contribution < 1.29 is 9.94 Å². The Balaban J connectivity index is 2.85. The lowest BCUT2D eigenvalue weighted by atomic mass is 10.2. The average molecular weight is 312 g/mol. The highest BCUT2D eigenvalue weighted by Crippen LogP contribution is 2.34. The van der Waals surface area contributed by atoms with Gasteiger partial charge in [0.1, 0.15) is 17.7 Å². The van der Waals surface area contributed by atoms with E-state index in [9.17, 15) is 0 Å². The van der Waals surface area contributed by atoms with Gasteiger partial charge in [0, 0.05) is 12.5 Å². The van der Waals surface area contributed by atoms with Gasteiger partial charge >= 0.3 is 0 Å². The van der Waals surface area contributed by atoms with Gasteiger partial charge in [-0.2, -0.15) is 0 Å². The van der Waals surface area contributed by atoms with Crippen LogP contribution in [-0.2, 0) is 0 Å². The van der Waals surface area contributed by atoms with Gasteiger partial charge in [0.2, 0.25) is 0 Å². The molecular formula is C11H13Cl3N2O2. The molecule has 0 aromatic heterocycles. The van der Waals surface area contributed by atoms with E-state index in [0.29, 0.717) is 33.7 Å². The smallest absolute Gasteiger partial charge is 0.142 e. The first kappa shape index (κ1) is 15.2. The lowest BCUT2D eigenvalue weighted by Crippen LogP contribution is -2.24. The summed E-state index contributed by atoms with van der Waals surface area (Å²) in [6.45, 7) is 1.92. The summed E-state index contributed by atoms with van der Waals surface area (Å²) in [6.07, 6.45) is 0.715. The molecule has 4 nitrogen and oxygen atoms in total. The van der Waals surface area contributed by atoms with E-state index < -0.39 is 0 Å². The molecule has 18 heavy (non-hydrogen) atoms. The van der Waals surface area contributed by atoms with Crippen LogP contribution in [0.15, 0.2) is 17.3 Å². The van der Waals surface area contributed by atoms with Crippen LogP contribution in [0.2, 0.25) is 15.1 Å². The van der Waals surface area contributed by atoms with E-state index in [-0.39, 0.29) is 11.9 Å². The third-order valence-corrected chi connectivity index (χ3v) is 3.31. The molecule has 0 saturated heterocycles. The molecule has 100 valence electrons. The van der Waals surface area contributed by atoms with Crippen LogP contribution in [0.4, 0.5) is 0 Å². The molecule has 1 aromatic carbocycles. The molecule has 0 aliphatic heterocycles. The highest BCUT2D eigenvalue weighted by Gasteiger charge is 2.14. The maximum Gasteiger partial charge on any atom is 0.142 e. The second-order valence-electron chi connectivity index (χ2n) is 3.64. The maximum absolute atomic E-state index is 8.52. The number of hydrogen-bond acceptors (Lipinski definition) is 3. The fraction of sp³-hybridized carbons (Fsp3) is 0.364. The summed E-state index contributed by atoms with van der Waals surface area (Å²) in [6, 6.07) is 3.05. The third kappa shape index (κ3) is 4.12. The minimum atomic E-state index is -0.254. The number of halogens is 3. The predicted octanol–water partition coefficient (Wildman–Crippen LogP) is 3.94. The van der Waals surface area contributed by atoms with Crippen LogP contribution < -0.4 is 10.5 Å². The molecule has 0 aliphatic rings. The van der Waals surface area contributed by atoms with E-state index in [1.54, 1.807) is 6.07 Å². The van der Waals surface area contributed by atoms with Crippen LogP contribution in [-0.4, -0.2) is 17.1 Å². The van der Waals surface area contributed by atoms with Gasteiger partial charge in [-0.05, 0) is 12.5 Å². The van der Waals surface area contributed by atoms with Gasteiger partial charge in [-0.25, -0.2) is 0 Å². The topological polar surface area (TPSA) is 67.8 Å². The van der Waals surface area contributed by atoms with Crippen molar-refractivity contribution >= 4 is 40.6 Å².